The van der Waals surface area contributed by atoms with Crippen molar-refractivity contribution < 1.29 is 9.18 Å². The Morgan fingerprint density at radius 3 is 2.27 bits per heavy atom. The van der Waals surface area contributed by atoms with E-state index in [1.165, 1.54) is 12.1 Å². The lowest BCUT2D eigenvalue weighted by molar-refractivity contribution is -0.131. The molecule has 6 nitrogen and oxygen atoms in total. The van der Waals surface area contributed by atoms with Crippen molar-refractivity contribution in [2.24, 2.45) is 0 Å². The number of alkyl halides is 1. The fraction of sp³-hybridized carbons (Fsp3) is 0.600. The predicted molar refractivity (Wildman–Crippen MR) is 133 cm³/mol. The molecular formula is C25H37ClFN5O. The predicted octanol–water partition coefficient (Wildman–Crippen LogP) is 4.47. The first-order valence-electron chi connectivity index (χ1n) is 12.0. The highest BCUT2D eigenvalue weighted by molar-refractivity contribution is 6.30. The molecule has 2 heterocycles. The molecule has 1 aliphatic rings. The van der Waals surface area contributed by atoms with E-state index in [0.29, 0.717) is 19.1 Å². The summed E-state index contributed by atoms with van der Waals surface area (Å²) >= 11 is 6.19. The Hall–Kier alpha value is -2.12. The molecule has 0 spiro atoms. The van der Waals surface area contributed by atoms with Gasteiger partial charge in [0.15, 0.2) is 0 Å². The van der Waals surface area contributed by atoms with Crippen molar-refractivity contribution in [1.82, 2.24) is 19.6 Å². The zero-order chi connectivity index (χ0) is 24.1. The molecule has 0 saturated carbocycles. The minimum absolute atomic E-state index is 0.0642. The first kappa shape index (κ1) is 25.5. The molecule has 1 atom stereocenters. The minimum Gasteiger partial charge on any atom is -0.354 e. The molecule has 0 N–H and O–H groups in total. The molecule has 182 valence electrons. The summed E-state index contributed by atoms with van der Waals surface area (Å²) in [5.41, 5.74) is 2.83. The van der Waals surface area contributed by atoms with Crippen molar-refractivity contribution in [2.75, 3.05) is 37.6 Å². The monoisotopic (exact) mass is 477 g/mol. The Morgan fingerprint density at radius 2 is 1.76 bits per heavy atom. The zero-order valence-corrected chi connectivity index (χ0v) is 21.3. The van der Waals surface area contributed by atoms with Crippen LogP contribution in [-0.2, 0) is 17.8 Å². The van der Waals surface area contributed by atoms with E-state index in [0.717, 1.165) is 61.8 Å². The van der Waals surface area contributed by atoms with Crippen LogP contribution in [0.3, 0.4) is 0 Å². The summed E-state index contributed by atoms with van der Waals surface area (Å²) in [7, 11) is 0. The second kappa shape index (κ2) is 11.3. The molecular weight excluding hydrogens is 441 g/mol. The lowest BCUT2D eigenvalue weighted by Crippen LogP contribution is -2.49. The van der Waals surface area contributed by atoms with Crippen LogP contribution in [0.1, 0.15) is 52.3 Å². The summed E-state index contributed by atoms with van der Waals surface area (Å²) in [6, 6.07) is 6.95. The zero-order valence-electron chi connectivity index (χ0n) is 20.5. The molecule has 8 heteroatoms. The van der Waals surface area contributed by atoms with Crippen molar-refractivity contribution in [1.29, 1.82) is 0 Å². The minimum atomic E-state index is -0.577. The molecule has 1 aromatic carbocycles. The van der Waals surface area contributed by atoms with Crippen LogP contribution in [0, 0.1) is 5.82 Å². The second-order valence-electron chi connectivity index (χ2n) is 8.98. The number of hydrogen-bond donors (Lipinski definition) is 0. The first-order valence-corrected chi connectivity index (χ1v) is 12.5. The van der Waals surface area contributed by atoms with Gasteiger partial charge in [0.1, 0.15) is 17.0 Å². The van der Waals surface area contributed by atoms with Gasteiger partial charge in [0, 0.05) is 44.3 Å². The van der Waals surface area contributed by atoms with E-state index in [2.05, 4.69) is 37.5 Å². The van der Waals surface area contributed by atoms with Gasteiger partial charge < -0.3 is 9.80 Å². The Balaban J connectivity index is 2.07. The molecule has 0 bridgehead atoms. The van der Waals surface area contributed by atoms with Crippen molar-refractivity contribution >= 4 is 23.3 Å². The summed E-state index contributed by atoms with van der Waals surface area (Å²) in [5.74, 6) is 0.661. The van der Waals surface area contributed by atoms with Gasteiger partial charge in [-0.15, -0.1) is 11.6 Å². The maximum absolute atomic E-state index is 13.6. The van der Waals surface area contributed by atoms with Gasteiger partial charge in [-0.25, -0.2) is 9.07 Å². The van der Waals surface area contributed by atoms with Gasteiger partial charge in [0.2, 0.25) is 5.91 Å². The highest BCUT2D eigenvalue weighted by Crippen LogP contribution is 2.31. The van der Waals surface area contributed by atoms with Crippen LogP contribution in [0.25, 0.3) is 5.69 Å². The Kier molecular flexibility index (Phi) is 8.76. The second-order valence-corrected chi connectivity index (χ2v) is 9.64. The van der Waals surface area contributed by atoms with Gasteiger partial charge in [-0.3, -0.25) is 9.69 Å². The number of benzene rings is 1. The molecule has 1 fully saturated rings. The van der Waals surface area contributed by atoms with E-state index in [1.54, 1.807) is 19.1 Å². The lowest BCUT2D eigenvalue weighted by Gasteiger charge is -2.38. The smallest absolute Gasteiger partial charge is 0.240 e. The summed E-state index contributed by atoms with van der Waals surface area (Å²) in [6.07, 6.45) is 1.60. The summed E-state index contributed by atoms with van der Waals surface area (Å²) < 4.78 is 15.6. The van der Waals surface area contributed by atoms with Crippen LogP contribution >= 0.6 is 11.6 Å². The van der Waals surface area contributed by atoms with Crippen LogP contribution < -0.4 is 4.90 Å². The number of piperazine rings is 1. The number of aryl methyl sites for hydroxylation is 1. The number of carbonyl (C=O) groups excluding carboxylic acids is 1. The third kappa shape index (κ3) is 5.87. The number of carbonyl (C=O) groups is 1. The van der Waals surface area contributed by atoms with Gasteiger partial charge in [-0.2, -0.15) is 5.10 Å². The first-order chi connectivity index (χ1) is 15.8. The highest BCUT2D eigenvalue weighted by atomic mass is 35.5. The van der Waals surface area contributed by atoms with E-state index in [4.69, 9.17) is 16.7 Å². The maximum Gasteiger partial charge on any atom is 0.240 e. The van der Waals surface area contributed by atoms with Crippen LogP contribution in [0.5, 0.6) is 0 Å². The normalized spacial score (nSPS) is 15.8. The SMILES string of the molecule is CCCN(Cc1c(CC)nn(-c2ccc(F)cc2)c1N1CCN(C(C)C)CC1)C(=O)C(C)Cl. The van der Waals surface area contributed by atoms with E-state index in [-0.39, 0.29) is 11.7 Å². The molecule has 1 aliphatic heterocycles. The standard InChI is InChI=1S/C25H37ClFN5O/c1-6-12-31(25(33)19(5)26)17-22-23(7-2)28-32(21-10-8-20(27)9-11-21)24(22)30-15-13-29(14-16-30)18(3)4/h8-11,18-19H,6-7,12-17H2,1-5H3. The van der Waals surface area contributed by atoms with E-state index < -0.39 is 5.38 Å². The largest absolute Gasteiger partial charge is 0.354 e. The molecule has 1 aromatic heterocycles. The topological polar surface area (TPSA) is 44.6 Å². The van der Waals surface area contributed by atoms with Crippen molar-refractivity contribution in [3.63, 3.8) is 0 Å². The van der Waals surface area contributed by atoms with Gasteiger partial charge >= 0.3 is 0 Å². The number of aromatic nitrogens is 2. The lowest BCUT2D eigenvalue weighted by atomic mass is 10.1. The van der Waals surface area contributed by atoms with E-state index in [9.17, 15) is 9.18 Å². The Bertz CT molecular complexity index is 920. The highest BCUT2D eigenvalue weighted by Gasteiger charge is 2.29. The quantitative estimate of drug-likeness (QED) is 0.500. The van der Waals surface area contributed by atoms with Crippen molar-refractivity contribution in [2.45, 2.75) is 65.4 Å². The molecule has 33 heavy (non-hydrogen) atoms. The molecule has 1 saturated heterocycles. The van der Waals surface area contributed by atoms with Crippen LogP contribution in [0.4, 0.5) is 10.2 Å². The summed E-state index contributed by atoms with van der Waals surface area (Å²) in [4.78, 5) is 19.5. The van der Waals surface area contributed by atoms with Crippen molar-refractivity contribution in [3.8, 4) is 5.69 Å². The molecule has 3 rings (SSSR count). The average Bonchev–Trinajstić information content (AvgIpc) is 3.16. The van der Waals surface area contributed by atoms with E-state index >= 15 is 0 Å². The third-order valence-corrected chi connectivity index (χ3v) is 6.47. The number of anilines is 1. The average molecular weight is 478 g/mol. The Morgan fingerprint density at radius 1 is 1.12 bits per heavy atom. The Labute approximate surface area is 202 Å². The number of halogens is 2. The molecule has 2 aromatic rings. The van der Waals surface area contributed by atoms with Gasteiger partial charge in [0.25, 0.3) is 0 Å². The van der Waals surface area contributed by atoms with Crippen LogP contribution in [0.2, 0.25) is 0 Å². The number of rotatable bonds is 9. The van der Waals surface area contributed by atoms with Crippen LogP contribution in [-0.4, -0.2) is 69.6 Å². The number of amides is 1. The number of hydrogen-bond acceptors (Lipinski definition) is 4. The fourth-order valence-corrected chi connectivity index (χ4v) is 4.59. The van der Waals surface area contributed by atoms with Gasteiger partial charge in [-0.1, -0.05) is 13.8 Å². The molecule has 0 radical (unpaired) electrons. The molecule has 0 aliphatic carbocycles. The van der Waals surface area contributed by atoms with Crippen molar-refractivity contribution in [3.05, 3.63) is 41.3 Å². The fourth-order valence-electron chi connectivity index (χ4n) is 4.45. The number of nitrogens with zero attached hydrogens (tertiary/aromatic N) is 5. The van der Waals surface area contributed by atoms with E-state index in [1.807, 2.05) is 9.58 Å². The van der Waals surface area contributed by atoms with Gasteiger partial charge in [0.05, 0.1) is 17.9 Å². The summed E-state index contributed by atoms with van der Waals surface area (Å²) in [6.45, 7) is 15.1. The maximum atomic E-state index is 13.6. The van der Waals surface area contributed by atoms with Crippen LogP contribution in [0.15, 0.2) is 24.3 Å². The van der Waals surface area contributed by atoms with Gasteiger partial charge in [-0.05, 0) is 57.9 Å². The third-order valence-electron chi connectivity index (χ3n) is 6.28. The molecule has 1 amide bonds. The summed E-state index contributed by atoms with van der Waals surface area (Å²) in [5, 5.41) is 4.37. The molecule has 1 unspecified atom stereocenters.